The molecule has 4 nitrogen and oxygen atoms in total. The van der Waals surface area contributed by atoms with E-state index in [2.05, 4.69) is 0 Å². The number of amides is 1. The molecule has 0 fully saturated rings. The lowest BCUT2D eigenvalue weighted by Crippen LogP contribution is -2.29. The number of primary amides is 1. The summed E-state index contributed by atoms with van der Waals surface area (Å²) < 4.78 is 14.8. The van der Waals surface area contributed by atoms with E-state index in [9.17, 15) is 9.18 Å². The zero-order valence-electron chi connectivity index (χ0n) is 11.2. The summed E-state index contributed by atoms with van der Waals surface area (Å²) in [5.74, 6) is -1.06. The molecule has 0 saturated carbocycles. The first-order chi connectivity index (χ1) is 9.36. The quantitative estimate of drug-likeness (QED) is 0.852. The maximum Gasteiger partial charge on any atom is 0.252 e. The van der Waals surface area contributed by atoms with E-state index < -0.39 is 5.91 Å². The molecular weight excluding hydrogens is 361 g/mol. The van der Waals surface area contributed by atoms with E-state index in [1.807, 2.05) is 0 Å². The number of hydrogen-bond donors (Lipinski definition) is 2. The Kier molecular flexibility index (Phi) is 5.69. The summed E-state index contributed by atoms with van der Waals surface area (Å²) in [5.41, 5.74) is 6.65. The summed E-state index contributed by atoms with van der Waals surface area (Å²) in [4.78, 5) is 11.3. The number of carbonyl (C=O) groups is 1. The summed E-state index contributed by atoms with van der Waals surface area (Å²) in [6.07, 6.45) is 1.51. The van der Waals surface area contributed by atoms with Crippen molar-refractivity contribution in [2.45, 2.75) is 13.5 Å². The monoisotopic (exact) mass is 373 g/mol. The van der Waals surface area contributed by atoms with Crippen LogP contribution in [0.5, 0.6) is 0 Å². The van der Waals surface area contributed by atoms with Crippen LogP contribution in [-0.2, 0) is 6.54 Å². The van der Waals surface area contributed by atoms with E-state index in [4.69, 9.17) is 22.7 Å². The molecule has 7 heteroatoms. The Morgan fingerprint density at radius 1 is 1.38 bits per heavy atom. The number of nitrogens with zero attached hydrogens (tertiary/aromatic N) is 1. The first-order valence-electron chi connectivity index (χ1n) is 5.87. The van der Waals surface area contributed by atoms with Crippen molar-refractivity contribution in [3.63, 3.8) is 0 Å². The van der Waals surface area contributed by atoms with Gasteiger partial charge >= 0.3 is 0 Å². The first kappa shape index (κ1) is 17.4. The van der Waals surface area contributed by atoms with Gasteiger partial charge in [0.15, 0.2) is 0 Å². The minimum atomic E-state index is -0.721. The number of carbonyl (C=O) groups excluding carboxylic acids is 1. The fourth-order valence-electron chi connectivity index (χ4n) is 2.02. The van der Waals surface area contributed by atoms with E-state index in [-0.39, 0.29) is 40.4 Å². The highest BCUT2D eigenvalue weighted by Gasteiger charge is 2.09. The Bertz CT molecular complexity index is 725. The normalized spacial score (nSPS) is 10.0. The topological polar surface area (TPSA) is 71.9 Å². The lowest BCUT2D eigenvalue weighted by Gasteiger charge is -2.11. The van der Waals surface area contributed by atoms with Crippen LogP contribution in [-0.4, -0.2) is 10.5 Å². The Hall–Kier alpha value is -1.66. The standard InChI is InChI=1S/C14H13ClFN3O.BrH/c1-8-2-9(4-11(16)3-8)6-19-7-10(15)5-12(13(19)17)14(18)20;/h2-5,7,17H,6H2,1H3,(H2,18,20);1H. The third-order valence-corrected chi connectivity index (χ3v) is 3.03. The second kappa shape index (κ2) is 6.87. The van der Waals surface area contributed by atoms with E-state index in [1.54, 1.807) is 13.0 Å². The second-order valence-corrected chi connectivity index (χ2v) is 4.99. The van der Waals surface area contributed by atoms with Gasteiger partial charge in [-0.25, -0.2) is 4.39 Å². The highest BCUT2D eigenvalue weighted by Crippen LogP contribution is 2.12. The van der Waals surface area contributed by atoms with Crippen molar-refractivity contribution in [1.82, 2.24) is 4.57 Å². The van der Waals surface area contributed by atoms with Gasteiger partial charge in [-0.2, -0.15) is 0 Å². The molecule has 3 N–H and O–H groups in total. The molecule has 1 amide bonds. The molecule has 0 radical (unpaired) electrons. The van der Waals surface area contributed by atoms with Gasteiger partial charge in [0.1, 0.15) is 11.3 Å². The van der Waals surface area contributed by atoms with Gasteiger partial charge in [0.25, 0.3) is 5.91 Å². The summed E-state index contributed by atoms with van der Waals surface area (Å²) in [7, 11) is 0. The Labute approximate surface area is 136 Å². The van der Waals surface area contributed by atoms with Gasteiger partial charge in [-0.1, -0.05) is 17.7 Å². The van der Waals surface area contributed by atoms with Crippen LogP contribution < -0.4 is 11.2 Å². The van der Waals surface area contributed by atoms with Crippen LogP contribution in [0.2, 0.25) is 5.02 Å². The number of pyridine rings is 1. The van der Waals surface area contributed by atoms with E-state index in [0.717, 1.165) is 5.56 Å². The number of halogens is 3. The van der Waals surface area contributed by atoms with Crippen molar-refractivity contribution in [2.75, 3.05) is 0 Å². The van der Waals surface area contributed by atoms with Crippen LogP contribution in [0.1, 0.15) is 21.5 Å². The number of aromatic nitrogens is 1. The Morgan fingerprint density at radius 3 is 2.62 bits per heavy atom. The predicted molar refractivity (Wildman–Crippen MR) is 84.4 cm³/mol. The van der Waals surface area contributed by atoms with Crippen LogP contribution >= 0.6 is 28.6 Å². The van der Waals surface area contributed by atoms with Crippen LogP contribution in [0.3, 0.4) is 0 Å². The molecule has 1 heterocycles. The average molecular weight is 375 g/mol. The van der Waals surface area contributed by atoms with Crippen LogP contribution in [0.4, 0.5) is 4.39 Å². The molecule has 0 aliphatic carbocycles. The van der Waals surface area contributed by atoms with E-state index in [1.165, 1.54) is 29.0 Å². The molecule has 1 aromatic carbocycles. The van der Waals surface area contributed by atoms with Crippen molar-refractivity contribution >= 4 is 34.5 Å². The lowest BCUT2D eigenvalue weighted by molar-refractivity contribution is 0.0998. The highest BCUT2D eigenvalue weighted by molar-refractivity contribution is 8.93. The third-order valence-electron chi connectivity index (χ3n) is 2.82. The second-order valence-electron chi connectivity index (χ2n) is 4.55. The van der Waals surface area contributed by atoms with Crippen LogP contribution in [0.25, 0.3) is 0 Å². The molecular formula is C14H14BrClFN3O. The maximum absolute atomic E-state index is 13.4. The van der Waals surface area contributed by atoms with Crippen LogP contribution in [0, 0.1) is 18.2 Å². The Morgan fingerprint density at radius 2 is 2.05 bits per heavy atom. The molecule has 2 aromatic rings. The van der Waals surface area contributed by atoms with Gasteiger partial charge in [-0.15, -0.1) is 17.0 Å². The number of hydrogen-bond acceptors (Lipinski definition) is 2. The fraction of sp³-hybridized carbons (Fsp3) is 0.143. The van der Waals surface area contributed by atoms with Gasteiger partial charge in [-0.3, -0.25) is 10.2 Å². The average Bonchev–Trinajstić information content (AvgIpc) is 2.31. The molecule has 0 aliphatic rings. The van der Waals surface area contributed by atoms with Crippen molar-refractivity contribution in [3.05, 3.63) is 63.5 Å². The molecule has 0 aliphatic heterocycles. The molecule has 21 heavy (non-hydrogen) atoms. The van der Waals surface area contributed by atoms with Gasteiger partial charge in [0.2, 0.25) is 0 Å². The Balaban J connectivity index is 0.00000220. The minimum absolute atomic E-state index is 0. The number of nitrogens with one attached hydrogen (secondary N) is 1. The zero-order valence-corrected chi connectivity index (χ0v) is 13.7. The van der Waals surface area contributed by atoms with Gasteiger partial charge in [0.05, 0.1) is 10.6 Å². The van der Waals surface area contributed by atoms with Crippen molar-refractivity contribution in [1.29, 1.82) is 5.41 Å². The maximum atomic E-state index is 13.4. The number of benzene rings is 1. The molecule has 0 atom stereocenters. The minimum Gasteiger partial charge on any atom is -0.365 e. The largest absolute Gasteiger partial charge is 0.365 e. The van der Waals surface area contributed by atoms with Gasteiger partial charge < -0.3 is 10.3 Å². The molecule has 1 aromatic heterocycles. The number of rotatable bonds is 3. The SMILES string of the molecule is Br.Cc1cc(F)cc(Cn2cc(Cl)cc(C(N)=O)c2=N)c1. The zero-order chi connectivity index (χ0) is 14.9. The van der Waals surface area contributed by atoms with Gasteiger partial charge in [0, 0.05) is 12.7 Å². The van der Waals surface area contributed by atoms with Crippen LogP contribution in [0.15, 0.2) is 30.5 Å². The number of aryl methyl sites for hydroxylation is 1. The summed E-state index contributed by atoms with van der Waals surface area (Å²) in [6, 6.07) is 5.95. The molecule has 2 rings (SSSR count). The first-order valence-corrected chi connectivity index (χ1v) is 6.25. The highest BCUT2D eigenvalue weighted by atomic mass is 79.9. The number of nitrogens with two attached hydrogens (primary N) is 1. The molecule has 0 unspecified atom stereocenters. The van der Waals surface area contributed by atoms with E-state index in [0.29, 0.717) is 10.6 Å². The molecule has 0 spiro atoms. The van der Waals surface area contributed by atoms with Gasteiger partial charge in [-0.05, 0) is 36.2 Å². The van der Waals surface area contributed by atoms with Crippen molar-refractivity contribution in [2.24, 2.45) is 5.73 Å². The predicted octanol–water partition coefficient (Wildman–Crippen LogP) is 2.79. The molecule has 0 saturated heterocycles. The molecule has 0 bridgehead atoms. The molecule has 112 valence electrons. The van der Waals surface area contributed by atoms with Crippen molar-refractivity contribution < 1.29 is 9.18 Å². The third kappa shape index (κ3) is 4.15. The van der Waals surface area contributed by atoms with E-state index >= 15 is 0 Å². The smallest absolute Gasteiger partial charge is 0.252 e. The summed E-state index contributed by atoms with van der Waals surface area (Å²) in [6.45, 7) is 2.02. The fourth-order valence-corrected chi connectivity index (χ4v) is 2.25. The summed E-state index contributed by atoms with van der Waals surface area (Å²) in [5, 5.41) is 8.23. The van der Waals surface area contributed by atoms with Crippen molar-refractivity contribution in [3.8, 4) is 0 Å². The summed E-state index contributed by atoms with van der Waals surface area (Å²) >= 11 is 5.91. The lowest BCUT2D eigenvalue weighted by atomic mass is 10.1.